The van der Waals surface area contributed by atoms with E-state index in [0.29, 0.717) is 26.2 Å². The van der Waals surface area contributed by atoms with E-state index >= 15 is 0 Å². The first-order chi connectivity index (χ1) is 12.2. The minimum Gasteiger partial charge on any atom is -0.472 e. The van der Waals surface area contributed by atoms with Gasteiger partial charge in [0, 0.05) is 29.8 Å². The molecule has 0 bridgehead atoms. The predicted octanol–water partition coefficient (Wildman–Crippen LogP) is 2.97. The number of nitrogens with zero attached hydrogens (tertiary/aromatic N) is 1. The maximum atomic E-state index is 11.8. The molecule has 0 aromatic heterocycles. The summed E-state index contributed by atoms with van der Waals surface area (Å²) >= 11 is 0. The van der Waals surface area contributed by atoms with Crippen molar-refractivity contribution in [1.29, 1.82) is 0 Å². The minimum absolute atomic E-state index is 0.0726. The van der Waals surface area contributed by atoms with Gasteiger partial charge in [-0.3, -0.25) is 10.1 Å². The van der Waals surface area contributed by atoms with Crippen molar-refractivity contribution in [1.82, 2.24) is 0 Å². The third-order valence-corrected chi connectivity index (χ3v) is 5.78. The fourth-order valence-corrected chi connectivity index (χ4v) is 4.84. The van der Waals surface area contributed by atoms with Crippen LogP contribution in [0.4, 0.5) is 0 Å². The van der Waals surface area contributed by atoms with Crippen LogP contribution in [0.15, 0.2) is 42.2 Å². The number of ether oxygens (including phenoxy) is 3. The fraction of sp³-hybridized carbons (Fsp3) is 0.579. The summed E-state index contributed by atoms with van der Waals surface area (Å²) in [5.74, 6) is 0.239. The van der Waals surface area contributed by atoms with E-state index in [2.05, 4.69) is 0 Å². The molecule has 134 valence electrons. The largest absolute Gasteiger partial charge is 0.472 e. The van der Waals surface area contributed by atoms with E-state index in [1.165, 1.54) is 0 Å². The van der Waals surface area contributed by atoms with Crippen LogP contribution in [0.3, 0.4) is 0 Å². The first kappa shape index (κ1) is 16.5. The number of benzene rings is 1. The van der Waals surface area contributed by atoms with E-state index < -0.39 is 6.04 Å². The van der Waals surface area contributed by atoms with Gasteiger partial charge < -0.3 is 14.2 Å². The van der Waals surface area contributed by atoms with Gasteiger partial charge in [-0.05, 0) is 18.1 Å². The van der Waals surface area contributed by atoms with Crippen molar-refractivity contribution < 1.29 is 19.1 Å². The van der Waals surface area contributed by atoms with Crippen LogP contribution in [0.1, 0.15) is 24.8 Å². The average molecular weight is 345 g/mol. The van der Waals surface area contributed by atoms with E-state index in [1.54, 1.807) is 6.26 Å². The number of rotatable bonds is 4. The molecule has 6 atom stereocenters. The third-order valence-electron chi connectivity index (χ3n) is 5.78. The lowest BCUT2D eigenvalue weighted by atomic mass is 9.60. The highest BCUT2D eigenvalue weighted by atomic mass is 16.7. The van der Waals surface area contributed by atoms with Gasteiger partial charge in [0.05, 0.1) is 31.3 Å². The molecule has 6 nitrogen and oxygen atoms in total. The highest BCUT2D eigenvalue weighted by molar-refractivity contribution is 5.29. The van der Waals surface area contributed by atoms with Gasteiger partial charge in [-0.25, -0.2) is 0 Å². The lowest BCUT2D eigenvalue weighted by Crippen LogP contribution is -2.54. The second-order valence-corrected chi connectivity index (χ2v) is 7.04. The first-order valence-corrected chi connectivity index (χ1v) is 8.93. The second kappa shape index (κ2) is 6.77. The summed E-state index contributed by atoms with van der Waals surface area (Å²) in [5.41, 5.74) is 2.07. The lowest BCUT2D eigenvalue weighted by molar-refractivity contribution is -0.531. The van der Waals surface area contributed by atoms with Crippen molar-refractivity contribution >= 4 is 0 Å². The van der Waals surface area contributed by atoms with Crippen molar-refractivity contribution in [2.75, 3.05) is 19.8 Å². The van der Waals surface area contributed by atoms with Crippen LogP contribution in [0, 0.1) is 27.9 Å². The maximum Gasteiger partial charge on any atom is 0.224 e. The van der Waals surface area contributed by atoms with Crippen LogP contribution < -0.4 is 0 Å². The first-order valence-electron chi connectivity index (χ1n) is 8.93. The molecule has 0 amide bonds. The van der Waals surface area contributed by atoms with Crippen LogP contribution >= 0.6 is 0 Å². The molecule has 1 aromatic rings. The summed E-state index contributed by atoms with van der Waals surface area (Å²) in [7, 11) is 0. The molecule has 4 rings (SSSR count). The Morgan fingerprint density at radius 2 is 1.96 bits per heavy atom. The smallest absolute Gasteiger partial charge is 0.224 e. The summed E-state index contributed by atoms with van der Waals surface area (Å²) in [6.07, 6.45) is 1.82. The van der Waals surface area contributed by atoms with E-state index in [-0.39, 0.29) is 34.9 Å². The van der Waals surface area contributed by atoms with E-state index in [0.717, 1.165) is 11.1 Å². The Balaban J connectivity index is 1.74. The van der Waals surface area contributed by atoms with Gasteiger partial charge in [-0.2, -0.15) is 0 Å². The van der Waals surface area contributed by atoms with Crippen molar-refractivity contribution in [3.63, 3.8) is 0 Å². The van der Waals surface area contributed by atoms with Gasteiger partial charge >= 0.3 is 0 Å². The second-order valence-electron chi connectivity index (χ2n) is 7.04. The van der Waals surface area contributed by atoms with Gasteiger partial charge in [-0.15, -0.1) is 0 Å². The van der Waals surface area contributed by atoms with Gasteiger partial charge in [-0.1, -0.05) is 30.3 Å². The van der Waals surface area contributed by atoms with Crippen molar-refractivity contribution in [2.24, 2.45) is 17.8 Å². The van der Waals surface area contributed by atoms with E-state index in [9.17, 15) is 10.1 Å². The molecule has 25 heavy (non-hydrogen) atoms. The SMILES string of the molecule is CCO[C@@H]1OC=C2C[C@@H]([N+](=O)[O-])[C@@H](c3ccccc3)[C@@H]3COC[C@@H]1[C@H]23. The molecule has 3 aliphatic rings. The lowest BCUT2D eigenvalue weighted by Gasteiger charge is -2.50. The summed E-state index contributed by atoms with van der Waals surface area (Å²) in [5, 5.41) is 11.8. The molecule has 1 saturated heterocycles. The van der Waals surface area contributed by atoms with Crippen molar-refractivity contribution in [3.8, 4) is 0 Å². The van der Waals surface area contributed by atoms with Crippen LogP contribution in [0.5, 0.6) is 0 Å². The molecule has 1 saturated carbocycles. The highest BCUT2D eigenvalue weighted by Gasteiger charge is 2.55. The normalized spacial score (nSPS) is 36.8. The molecular weight excluding hydrogens is 322 g/mol. The van der Waals surface area contributed by atoms with Gasteiger partial charge in [0.25, 0.3) is 0 Å². The number of hydrogen-bond donors (Lipinski definition) is 0. The molecule has 0 spiro atoms. The Hall–Kier alpha value is -1.92. The zero-order chi connectivity index (χ0) is 17.4. The predicted molar refractivity (Wildman–Crippen MR) is 90.5 cm³/mol. The van der Waals surface area contributed by atoms with Crippen LogP contribution in [0.25, 0.3) is 0 Å². The Labute approximate surface area is 146 Å². The van der Waals surface area contributed by atoms with Crippen LogP contribution in [0.2, 0.25) is 0 Å². The molecule has 1 aromatic carbocycles. The molecule has 1 aliphatic carbocycles. The maximum absolute atomic E-state index is 11.8. The molecule has 2 aliphatic heterocycles. The third kappa shape index (κ3) is 2.83. The molecule has 0 unspecified atom stereocenters. The van der Waals surface area contributed by atoms with Crippen molar-refractivity contribution in [2.45, 2.75) is 31.6 Å². The minimum atomic E-state index is -0.649. The molecule has 0 N–H and O–H groups in total. The Morgan fingerprint density at radius 1 is 1.20 bits per heavy atom. The number of hydrogen-bond acceptors (Lipinski definition) is 5. The standard InChI is InChI=1S/C19H23NO5/c1-2-24-19-15-11-23-10-14-17(15)13(9-25-19)8-16(20(21)22)18(14)12-6-4-3-5-7-12/h3-7,9,14-19H,2,8,10-11H2,1H3/t14-,15-,16-,17-,18+,19-/m1/s1. The van der Waals surface area contributed by atoms with Gasteiger partial charge in [0.1, 0.15) is 0 Å². The molecular formula is C19H23NO5. The fourth-order valence-electron chi connectivity index (χ4n) is 4.84. The Morgan fingerprint density at radius 3 is 2.68 bits per heavy atom. The van der Waals surface area contributed by atoms with E-state index in [4.69, 9.17) is 14.2 Å². The van der Waals surface area contributed by atoms with Gasteiger partial charge in [0.2, 0.25) is 12.3 Å². The molecule has 6 heteroatoms. The molecule has 0 radical (unpaired) electrons. The molecule has 2 fully saturated rings. The average Bonchev–Trinajstić information content (AvgIpc) is 2.64. The Kier molecular flexibility index (Phi) is 4.48. The van der Waals surface area contributed by atoms with Crippen molar-refractivity contribution in [3.05, 3.63) is 57.8 Å². The zero-order valence-corrected chi connectivity index (χ0v) is 14.2. The zero-order valence-electron chi connectivity index (χ0n) is 14.2. The highest BCUT2D eigenvalue weighted by Crippen LogP contribution is 2.52. The summed E-state index contributed by atoms with van der Waals surface area (Å²) in [6.45, 7) is 3.64. The molecule has 2 heterocycles. The Bertz CT molecular complexity index is 661. The monoisotopic (exact) mass is 345 g/mol. The summed E-state index contributed by atoms with van der Waals surface area (Å²) < 4.78 is 17.4. The van der Waals surface area contributed by atoms with E-state index in [1.807, 2.05) is 37.3 Å². The van der Waals surface area contributed by atoms with Crippen LogP contribution in [-0.4, -0.2) is 37.1 Å². The van der Waals surface area contributed by atoms with Gasteiger partial charge in [0.15, 0.2) is 0 Å². The quantitative estimate of drug-likeness (QED) is 0.620. The number of nitro groups is 1. The van der Waals surface area contributed by atoms with Crippen LogP contribution in [-0.2, 0) is 14.2 Å². The summed E-state index contributed by atoms with van der Waals surface area (Å²) in [6, 6.07) is 9.19. The summed E-state index contributed by atoms with van der Waals surface area (Å²) in [4.78, 5) is 11.7. The topological polar surface area (TPSA) is 70.8 Å².